The molecular weight excluding hydrogens is 619 g/mol. The first-order chi connectivity index (χ1) is 16.8. The highest BCUT2D eigenvalue weighted by atomic mass is 32.2. The van der Waals surface area contributed by atoms with Gasteiger partial charge in [0, 0.05) is 6.42 Å². The summed E-state index contributed by atoms with van der Waals surface area (Å²) in [5.74, 6) is -57.0. The summed E-state index contributed by atoms with van der Waals surface area (Å²) < 4.78 is 259. The predicted molar refractivity (Wildman–Crippen MR) is 92.8 cm³/mol. The number of halogens is 17. The molecule has 0 saturated heterocycles. The van der Waals surface area contributed by atoms with E-state index < -0.39 is 87.5 Å². The monoisotopic (exact) mass is 631 g/mol. The fourth-order valence-electron chi connectivity index (χ4n) is 3.00. The van der Waals surface area contributed by atoms with Gasteiger partial charge >= 0.3 is 47.6 Å². The van der Waals surface area contributed by atoms with Crippen molar-refractivity contribution < 1.29 is 87.6 Å². The Hall–Kier alpha value is -2.06. The molecular formula is C18H12F17O3S-. The van der Waals surface area contributed by atoms with Crippen molar-refractivity contribution in [2.45, 2.75) is 78.7 Å². The van der Waals surface area contributed by atoms with Gasteiger partial charge in [0.1, 0.15) is 10.1 Å². The Kier molecular flexibility index (Phi) is 8.78. The van der Waals surface area contributed by atoms with Crippen LogP contribution in [0.25, 0.3) is 0 Å². The van der Waals surface area contributed by atoms with Crippen molar-refractivity contribution in [2.24, 2.45) is 0 Å². The molecule has 3 nitrogen and oxygen atoms in total. The van der Waals surface area contributed by atoms with E-state index in [1.807, 2.05) is 0 Å². The maximum Gasteiger partial charge on any atom is 0.460 e. The fourth-order valence-corrected chi connectivity index (χ4v) is 3.72. The fraction of sp³-hybridized carbons (Fsp3) is 0.667. The van der Waals surface area contributed by atoms with Crippen LogP contribution in [0.5, 0.6) is 0 Å². The first-order valence-electron chi connectivity index (χ1n) is 9.61. The van der Waals surface area contributed by atoms with Crippen LogP contribution in [0.1, 0.15) is 24.0 Å². The lowest BCUT2D eigenvalue weighted by Crippen LogP contribution is -2.74. The molecule has 21 heteroatoms. The summed E-state index contributed by atoms with van der Waals surface area (Å²) in [6.45, 7) is 1.23. The van der Waals surface area contributed by atoms with E-state index in [4.69, 9.17) is 0 Å². The van der Waals surface area contributed by atoms with Gasteiger partial charge in [0.15, 0.2) is 0 Å². The van der Waals surface area contributed by atoms with Crippen molar-refractivity contribution in [1.29, 1.82) is 0 Å². The van der Waals surface area contributed by atoms with Crippen LogP contribution >= 0.6 is 0 Å². The van der Waals surface area contributed by atoms with Gasteiger partial charge in [0.05, 0.1) is 4.90 Å². The Morgan fingerprint density at radius 1 is 0.641 bits per heavy atom. The topological polar surface area (TPSA) is 57.2 Å². The average Bonchev–Trinajstić information content (AvgIpc) is 2.71. The van der Waals surface area contributed by atoms with Gasteiger partial charge in [-0.3, -0.25) is 0 Å². The van der Waals surface area contributed by atoms with Gasteiger partial charge in [0.2, 0.25) is 0 Å². The molecule has 0 bridgehead atoms. The third-order valence-corrected chi connectivity index (χ3v) is 6.15. The molecule has 39 heavy (non-hydrogen) atoms. The molecule has 0 atom stereocenters. The second kappa shape index (κ2) is 9.79. The summed E-state index contributed by atoms with van der Waals surface area (Å²) in [5.41, 5.74) is -0.554. The van der Waals surface area contributed by atoms with Crippen molar-refractivity contribution in [1.82, 2.24) is 0 Å². The summed E-state index contributed by atoms with van der Waals surface area (Å²) >= 11 is 0. The largest absolute Gasteiger partial charge is 0.744 e. The lowest BCUT2D eigenvalue weighted by atomic mass is 9.87. The first-order valence-corrected chi connectivity index (χ1v) is 11.0. The second-order valence-corrected chi connectivity index (χ2v) is 9.42. The van der Waals surface area contributed by atoms with Crippen LogP contribution < -0.4 is 0 Å². The number of aryl methyl sites for hydroxylation is 2. The average molecular weight is 631 g/mol. The third kappa shape index (κ3) is 5.48. The highest BCUT2D eigenvalue weighted by Gasteiger charge is 2.95. The predicted octanol–water partition coefficient (Wildman–Crippen LogP) is 7.23. The van der Waals surface area contributed by atoms with E-state index in [1.165, 1.54) is 6.92 Å². The van der Waals surface area contributed by atoms with Crippen LogP contribution in [0.2, 0.25) is 0 Å². The molecule has 0 aliphatic heterocycles. The number of hydrogen-bond donors (Lipinski definition) is 0. The molecule has 0 radical (unpaired) electrons. The maximum absolute atomic E-state index is 13.9. The number of alkyl halides is 17. The minimum atomic E-state index is -8.71. The van der Waals surface area contributed by atoms with Crippen molar-refractivity contribution in [3.8, 4) is 0 Å². The molecule has 0 heterocycles. The molecule has 1 rings (SSSR count). The molecule has 0 fully saturated rings. The quantitative estimate of drug-likeness (QED) is 0.191. The second-order valence-electron chi connectivity index (χ2n) is 8.07. The number of hydrogen-bond acceptors (Lipinski definition) is 3. The normalized spacial score (nSPS) is 15.6. The highest BCUT2D eigenvalue weighted by Crippen LogP contribution is 2.64. The van der Waals surface area contributed by atoms with Gasteiger partial charge in [-0.1, -0.05) is 17.7 Å². The van der Waals surface area contributed by atoms with Gasteiger partial charge in [-0.2, -0.15) is 74.6 Å². The maximum atomic E-state index is 13.9. The molecule has 1 aromatic carbocycles. The highest BCUT2D eigenvalue weighted by molar-refractivity contribution is 7.85. The third-order valence-electron chi connectivity index (χ3n) is 5.21. The van der Waals surface area contributed by atoms with E-state index in [1.54, 1.807) is 0 Å². The molecule has 0 amide bonds. The van der Waals surface area contributed by atoms with Crippen molar-refractivity contribution in [3.63, 3.8) is 0 Å². The van der Waals surface area contributed by atoms with E-state index >= 15 is 0 Å². The standard InChI is InChI=1S/C18H13F17O3S/c1-8-4-5-10(39(36,37)38)9(7-8)3-2-6-11(19,20)12(21,22)13(23,24)14(25,26)15(27,28)16(29,30)17(31,32)18(33,34)35/h4-5,7H,2-3,6H2,1H3,(H,36,37,38)/p-1. The lowest BCUT2D eigenvalue weighted by Gasteiger charge is -2.42. The Balaban J connectivity index is 3.43. The van der Waals surface area contributed by atoms with Gasteiger partial charge in [-0.25, -0.2) is 8.42 Å². The molecule has 0 N–H and O–H groups in total. The molecule has 0 spiro atoms. The molecule has 0 aliphatic carbocycles. The zero-order chi connectivity index (χ0) is 31.5. The zero-order valence-corrected chi connectivity index (χ0v) is 19.2. The summed E-state index contributed by atoms with van der Waals surface area (Å²) in [6, 6.07) is 2.43. The van der Waals surface area contributed by atoms with Gasteiger partial charge in [-0.15, -0.1) is 0 Å². The Morgan fingerprint density at radius 3 is 1.41 bits per heavy atom. The summed E-state index contributed by atoms with van der Waals surface area (Å²) in [5, 5.41) is 0. The van der Waals surface area contributed by atoms with Crippen LogP contribution in [-0.2, 0) is 16.5 Å². The van der Waals surface area contributed by atoms with Crippen molar-refractivity contribution >= 4 is 10.1 Å². The molecule has 1 aromatic rings. The van der Waals surface area contributed by atoms with Crippen molar-refractivity contribution in [3.05, 3.63) is 29.3 Å². The van der Waals surface area contributed by atoms with Gasteiger partial charge < -0.3 is 4.55 Å². The van der Waals surface area contributed by atoms with Crippen LogP contribution in [0, 0.1) is 6.92 Å². The summed E-state index contributed by atoms with van der Waals surface area (Å²) in [7, 11) is -5.34. The van der Waals surface area contributed by atoms with Crippen molar-refractivity contribution in [2.75, 3.05) is 0 Å². The van der Waals surface area contributed by atoms with Gasteiger partial charge in [0.25, 0.3) is 0 Å². The van der Waals surface area contributed by atoms with Crippen LogP contribution in [-0.4, -0.2) is 60.6 Å². The van der Waals surface area contributed by atoms with Gasteiger partial charge in [-0.05, 0) is 31.4 Å². The molecule has 228 valence electrons. The lowest BCUT2D eigenvalue weighted by molar-refractivity contribution is -0.461. The first kappa shape index (κ1) is 35.0. The SMILES string of the molecule is Cc1ccc(S(=O)(=O)[O-])c(CCCC(F)(F)C(F)(F)C(F)(F)C(F)(F)C(F)(F)C(F)(F)C(F)(F)C(F)(F)F)c1. The van der Waals surface area contributed by atoms with Crippen LogP contribution in [0.3, 0.4) is 0 Å². The molecule has 0 aromatic heterocycles. The zero-order valence-electron chi connectivity index (χ0n) is 18.4. The summed E-state index contributed by atoms with van der Waals surface area (Å²) in [6.07, 6.45) is -13.3. The number of rotatable bonds is 11. The van der Waals surface area contributed by atoms with E-state index in [0.29, 0.717) is 6.07 Å². The van der Waals surface area contributed by atoms with E-state index in [-0.39, 0.29) is 5.56 Å². The molecule has 0 unspecified atom stereocenters. The van der Waals surface area contributed by atoms with Crippen LogP contribution in [0.15, 0.2) is 23.1 Å². The number of benzene rings is 1. The Bertz CT molecular complexity index is 1160. The Labute approximate surface area is 206 Å². The smallest absolute Gasteiger partial charge is 0.460 e. The molecule has 0 saturated carbocycles. The van der Waals surface area contributed by atoms with E-state index in [2.05, 4.69) is 0 Å². The Morgan fingerprint density at radius 2 is 1.03 bits per heavy atom. The van der Waals surface area contributed by atoms with E-state index in [9.17, 15) is 87.6 Å². The molecule has 0 aliphatic rings. The van der Waals surface area contributed by atoms with Crippen LogP contribution in [0.4, 0.5) is 74.6 Å². The minimum absolute atomic E-state index is 0.125. The van der Waals surface area contributed by atoms with E-state index in [0.717, 1.165) is 12.1 Å². The summed E-state index contributed by atoms with van der Waals surface area (Å²) in [4.78, 5) is -1.12. The minimum Gasteiger partial charge on any atom is -0.744 e.